The fourth-order valence-electron chi connectivity index (χ4n) is 3.05. The molecule has 1 N–H and O–H groups in total. The lowest BCUT2D eigenvalue weighted by atomic mass is 10.1. The maximum absolute atomic E-state index is 11.5. The summed E-state index contributed by atoms with van der Waals surface area (Å²) in [4.78, 5) is 18.3. The molecule has 27 heavy (non-hydrogen) atoms. The van der Waals surface area contributed by atoms with Gasteiger partial charge in [-0.1, -0.05) is 30.7 Å². The second kappa shape index (κ2) is 10.2. The molecule has 1 fully saturated rings. The van der Waals surface area contributed by atoms with E-state index in [2.05, 4.69) is 44.7 Å². The number of aromatic nitrogens is 1. The van der Waals surface area contributed by atoms with Crippen molar-refractivity contribution in [1.82, 2.24) is 9.88 Å². The molecule has 0 unspecified atom stereocenters. The highest BCUT2D eigenvalue weighted by Crippen LogP contribution is 2.16. The normalized spacial score (nSPS) is 15.1. The first-order chi connectivity index (χ1) is 13.2. The Kier molecular flexibility index (Phi) is 7.36. The maximum atomic E-state index is 11.5. The van der Waals surface area contributed by atoms with Crippen LogP contribution in [-0.4, -0.2) is 41.8 Å². The van der Waals surface area contributed by atoms with Gasteiger partial charge in [-0.3, -0.25) is 15.1 Å². The van der Waals surface area contributed by atoms with E-state index in [1.54, 1.807) is 13.1 Å². The summed E-state index contributed by atoms with van der Waals surface area (Å²) in [5, 5.41) is 6.73. The number of carbonyl (C=O) groups excluding carboxylic acids is 1. The Morgan fingerprint density at radius 2 is 2.07 bits per heavy atom. The van der Waals surface area contributed by atoms with Crippen LogP contribution < -0.4 is 5.43 Å². The smallest absolute Gasteiger partial charge is 0.311 e. The van der Waals surface area contributed by atoms with Crippen molar-refractivity contribution >= 4 is 28.7 Å². The molecule has 1 aromatic heterocycles. The van der Waals surface area contributed by atoms with Crippen LogP contribution in [-0.2, 0) is 22.5 Å². The highest BCUT2D eigenvalue weighted by Gasteiger charge is 2.10. The van der Waals surface area contributed by atoms with E-state index in [0.717, 1.165) is 12.1 Å². The van der Waals surface area contributed by atoms with Gasteiger partial charge in [-0.15, -0.1) is 11.3 Å². The number of ether oxygens (including phenoxy) is 1. The Morgan fingerprint density at radius 3 is 2.81 bits per heavy atom. The van der Waals surface area contributed by atoms with Crippen LogP contribution >= 0.6 is 11.3 Å². The zero-order valence-corrected chi connectivity index (χ0v) is 16.5. The van der Waals surface area contributed by atoms with Crippen LogP contribution in [0.15, 0.2) is 34.7 Å². The Bertz CT molecular complexity index is 752. The number of benzene rings is 1. The standard InChI is InChI=1S/C20H26N4O2S/c1-2-26-19(25)12-18-15-27-20(22-18)23-21-13-16-6-8-17(9-7-16)14-24-10-4-3-5-11-24/h6-9,13,15H,2-5,10-12,14H2,1H3,(H,22,23). The average molecular weight is 387 g/mol. The van der Waals surface area contributed by atoms with E-state index in [1.807, 2.05) is 5.38 Å². The average Bonchev–Trinajstić information content (AvgIpc) is 3.11. The highest BCUT2D eigenvalue weighted by atomic mass is 32.1. The van der Waals surface area contributed by atoms with Gasteiger partial charge in [-0.25, -0.2) is 4.98 Å². The maximum Gasteiger partial charge on any atom is 0.311 e. The number of carbonyl (C=O) groups is 1. The minimum Gasteiger partial charge on any atom is -0.466 e. The van der Waals surface area contributed by atoms with Gasteiger partial charge in [0, 0.05) is 11.9 Å². The van der Waals surface area contributed by atoms with Crippen LogP contribution in [0.25, 0.3) is 0 Å². The fourth-order valence-corrected chi connectivity index (χ4v) is 3.71. The summed E-state index contributed by atoms with van der Waals surface area (Å²) in [6, 6.07) is 8.49. The van der Waals surface area contributed by atoms with Crippen molar-refractivity contribution in [3.8, 4) is 0 Å². The van der Waals surface area contributed by atoms with Crippen LogP contribution in [0.4, 0.5) is 5.13 Å². The number of hydrogen-bond donors (Lipinski definition) is 1. The number of hydrogen-bond acceptors (Lipinski definition) is 7. The van der Waals surface area contributed by atoms with Gasteiger partial charge in [0.15, 0.2) is 0 Å². The van der Waals surface area contributed by atoms with Gasteiger partial charge in [0.25, 0.3) is 0 Å². The van der Waals surface area contributed by atoms with Crippen molar-refractivity contribution in [2.24, 2.45) is 5.10 Å². The summed E-state index contributed by atoms with van der Waals surface area (Å²) in [6.45, 7) is 5.62. The topological polar surface area (TPSA) is 66.8 Å². The molecule has 1 aliphatic heterocycles. The largest absolute Gasteiger partial charge is 0.466 e. The number of nitrogens with one attached hydrogen (secondary N) is 1. The molecular weight excluding hydrogens is 360 g/mol. The summed E-state index contributed by atoms with van der Waals surface area (Å²) >= 11 is 1.42. The number of piperidine rings is 1. The van der Waals surface area contributed by atoms with E-state index in [1.165, 1.54) is 49.3 Å². The Balaban J connectivity index is 1.46. The van der Waals surface area contributed by atoms with E-state index in [4.69, 9.17) is 4.74 Å². The lowest BCUT2D eigenvalue weighted by molar-refractivity contribution is -0.142. The Morgan fingerprint density at radius 1 is 1.30 bits per heavy atom. The molecule has 144 valence electrons. The zero-order valence-electron chi connectivity index (χ0n) is 15.7. The first-order valence-corrected chi connectivity index (χ1v) is 10.3. The van der Waals surface area contributed by atoms with Gasteiger partial charge in [-0.2, -0.15) is 5.10 Å². The van der Waals surface area contributed by atoms with E-state index in [-0.39, 0.29) is 12.4 Å². The lowest BCUT2D eigenvalue weighted by Gasteiger charge is -2.26. The van der Waals surface area contributed by atoms with Gasteiger partial charge >= 0.3 is 5.97 Å². The fraction of sp³-hybridized carbons (Fsp3) is 0.450. The molecule has 0 saturated carbocycles. The number of anilines is 1. The predicted molar refractivity (Wildman–Crippen MR) is 109 cm³/mol. The predicted octanol–water partition coefficient (Wildman–Crippen LogP) is 3.68. The molecule has 1 aromatic carbocycles. The molecule has 3 rings (SSSR count). The van der Waals surface area contributed by atoms with Gasteiger partial charge < -0.3 is 4.74 Å². The zero-order chi connectivity index (χ0) is 18.9. The first kappa shape index (κ1) is 19.5. The molecule has 7 heteroatoms. The second-order valence-corrected chi connectivity index (χ2v) is 7.43. The number of hydrazone groups is 1. The highest BCUT2D eigenvalue weighted by molar-refractivity contribution is 7.13. The van der Waals surface area contributed by atoms with Gasteiger partial charge in [0.1, 0.15) is 0 Å². The molecule has 0 atom stereocenters. The number of thiazole rings is 1. The first-order valence-electron chi connectivity index (χ1n) is 9.43. The van der Waals surface area contributed by atoms with Crippen molar-refractivity contribution < 1.29 is 9.53 Å². The molecule has 0 bridgehead atoms. The molecule has 0 aliphatic carbocycles. The molecule has 6 nitrogen and oxygen atoms in total. The van der Waals surface area contributed by atoms with Crippen LogP contribution in [0.1, 0.15) is 43.0 Å². The molecular formula is C20H26N4O2S. The summed E-state index contributed by atoms with van der Waals surface area (Å²) in [5.74, 6) is -0.262. The number of likely N-dealkylation sites (tertiary alicyclic amines) is 1. The van der Waals surface area contributed by atoms with E-state index in [0.29, 0.717) is 17.4 Å². The molecule has 0 radical (unpaired) electrons. The molecule has 2 aromatic rings. The minimum absolute atomic E-state index is 0.189. The number of nitrogens with zero attached hydrogens (tertiary/aromatic N) is 3. The van der Waals surface area contributed by atoms with E-state index >= 15 is 0 Å². The molecule has 0 spiro atoms. The third-order valence-corrected chi connectivity index (χ3v) is 5.19. The van der Waals surface area contributed by atoms with E-state index in [9.17, 15) is 4.79 Å². The molecule has 2 heterocycles. The van der Waals surface area contributed by atoms with Crippen molar-refractivity contribution in [2.45, 2.75) is 39.2 Å². The van der Waals surface area contributed by atoms with E-state index < -0.39 is 0 Å². The van der Waals surface area contributed by atoms with Gasteiger partial charge in [0.2, 0.25) is 5.13 Å². The van der Waals surface area contributed by atoms with Crippen LogP contribution in [0.5, 0.6) is 0 Å². The summed E-state index contributed by atoms with van der Waals surface area (Å²) in [5.41, 5.74) is 5.98. The molecule has 1 saturated heterocycles. The van der Waals surface area contributed by atoms with Crippen LogP contribution in [0, 0.1) is 0 Å². The van der Waals surface area contributed by atoms with Crippen LogP contribution in [0.2, 0.25) is 0 Å². The quantitative estimate of drug-likeness (QED) is 0.426. The van der Waals surface area contributed by atoms with Crippen molar-refractivity contribution in [2.75, 3.05) is 25.1 Å². The summed E-state index contributed by atoms with van der Waals surface area (Å²) in [6.07, 6.45) is 5.96. The molecule has 0 amide bonds. The third-order valence-electron chi connectivity index (χ3n) is 4.39. The van der Waals surface area contributed by atoms with Crippen molar-refractivity contribution in [3.63, 3.8) is 0 Å². The van der Waals surface area contributed by atoms with Gasteiger partial charge in [-0.05, 0) is 44.0 Å². The lowest BCUT2D eigenvalue weighted by Crippen LogP contribution is -2.29. The van der Waals surface area contributed by atoms with Crippen molar-refractivity contribution in [3.05, 3.63) is 46.5 Å². The summed E-state index contributed by atoms with van der Waals surface area (Å²) < 4.78 is 4.92. The number of esters is 1. The van der Waals surface area contributed by atoms with Crippen LogP contribution in [0.3, 0.4) is 0 Å². The minimum atomic E-state index is -0.262. The Hall–Kier alpha value is -2.25. The SMILES string of the molecule is CCOC(=O)Cc1csc(NN=Cc2ccc(CN3CCCCC3)cc2)n1. The van der Waals surface area contributed by atoms with Gasteiger partial charge in [0.05, 0.1) is 24.9 Å². The Labute approximate surface area is 164 Å². The monoisotopic (exact) mass is 386 g/mol. The summed E-state index contributed by atoms with van der Waals surface area (Å²) in [7, 11) is 0. The van der Waals surface area contributed by atoms with Crippen molar-refractivity contribution in [1.29, 1.82) is 0 Å². The third kappa shape index (κ3) is 6.45. The molecule has 1 aliphatic rings. The second-order valence-electron chi connectivity index (χ2n) is 6.57. The number of rotatable bonds is 8.